The van der Waals surface area contributed by atoms with E-state index in [1.165, 1.54) is 0 Å². The Kier molecular flexibility index (Phi) is 7.67. The number of aromatic amines is 1. The van der Waals surface area contributed by atoms with Crippen molar-refractivity contribution in [2.24, 2.45) is 4.99 Å². The molecule has 5 rings (SSSR count). The molecule has 0 aliphatic heterocycles. The predicted octanol–water partition coefficient (Wildman–Crippen LogP) is 5.83. The molecule has 0 saturated carbocycles. The maximum Gasteiger partial charge on any atom is 0.439 e. The normalized spacial score (nSPS) is 11.0. The second kappa shape index (κ2) is 11.2. The number of H-pyrrole nitrogens is 1. The first-order valence-corrected chi connectivity index (χ1v) is 11.4. The van der Waals surface area contributed by atoms with E-state index in [-0.39, 0.29) is 0 Å². The Bertz CT molecular complexity index is 1590. The molecule has 0 atom stereocenters. The number of aliphatic imine (C=N–C) groups is 1. The Morgan fingerprint density at radius 1 is 1.00 bits per heavy atom. The molecule has 3 aromatic carbocycles. The van der Waals surface area contributed by atoms with Crippen LogP contribution in [0.2, 0.25) is 5.02 Å². The number of benzene rings is 3. The molecule has 0 unspecified atom stereocenters. The van der Waals surface area contributed by atoms with Crippen LogP contribution in [0, 0.1) is 0 Å². The second-order valence-electron chi connectivity index (χ2n) is 7.69. The summed E-state index contributed by atoms with van der Waals surface area (Å²) < 4.78 is 4.41. The SMILES string of the molecule is C=C(N=C(C)c1ccc2nccnc2c1)c1ccc(Cl)cc1.CNc1cccc(-c2noc(=O)[nH]2)c1. The molecule has 0 bridgehead atoms. The summed E-state index contributed by atoms with van der Waals surface area (Å²) in [7, 11) is 1.82. The monoisotopic (exact) mass is 498 g/mol. The molecule has 180 valence electrons. The number of aromatic nitrogens is 4. The standard InChI is InChI=1S/C18H14ClN3.C9H9N3O2/c1-12(14-3-6-16(19)7-4-14)22-13(2)15-5-8-17-18(11-15)21-10-9-20-17;1-10-7-4-2-3-6(5-7)8-11-9(13)14-12-8/h3-11H,1H2,2H3;2-5,10H,1H3,(H,11,12,13). The molecule has 2 heterocycles. The number of nitrogens with one attached hydrogen (secondary N) is 2. The van der Waals surface area contributed by atoms with Crippen LogP contribution in [0.3, 0.4) is 0 Å². The van der Waals surface area contributed by atoms with E-state index in [9.17, 15) is 4.79 Å². The Morgan fingerprint density at radius 2 is 1.72 bits per heavy atom. The van der Waals surface area contributed by atoms with Gasteiger partial charge in [0.1, 0.15) is 0 Å². The number of rotatable bonds is 5. The summed E-state index contributed by atoms with van der Waals surface area (Å²) in [5.74, 6) is -0.109. The number of hydrogen-bond acceptors (Lipinski definition) is 7. The quantitative estimate of drug-likeness (QED) is 0.295. The van der Waals surface area contributed by atoms with Gasteiger partial charge >= 0.3 is 5.76 Å². The van der Waals surface area contributed by atoms with Crippen molar-refractivity contribution < 1.29 is 4.52 Å². The molecular formula is C27H23ClN6O2. The zero-order valence-corrected chi connectivity index (χ0v) is 20.5. The van der Waals surface area contributed by atoms with Crippen LogP contribution < -0.4 is 11.1 Å². The number of hydrogen-bond donors (Lipinski definition) is 2. The molecule has 5 aromatic rings. The Hall–Kier alpha value is -4.56. The van der Waals surface area contributed by atoms with Crippen LogP contribution in [0.1, 0.15) is 18.1 Å². The molecule has 36 heavy (non-hydrogen) atoms. The van der Waals surface area contributed by atoms with Gasteiger partial charge in [0.2, 0.25) is 0 Å². The van der Waals surface area contributed by atoms with Crippen LogP contribution in [-0.4, -0.2) is 32.9 Å². The molecule has 9 heteroatoms. The zero-order chi connectivity index (χ0) is 25.5. The van der Waals surface area contributed by atoms with Crippen molar-refractivity contribution in [1.82, 2.24) is 20.1 Å². The lowest BCUT2D eigenvalue weighted by Gasteiger charge is -2.05. The van der Waals surface area contributed by atoms with Gasteiger partial charge < -0.3 is 5.32 Å². The molecule has 0 fully saturated rings. The third kappa shape index (κ3) is 6.11. The van der Waals surface area contributed by atoms with Crippen LogP contribution in [0.5, 0.6) is 0 Å². The molecule has 0 saturated heterocycles. The van der Waals surface area contributed by atoms with Crippen molar-refractivity contribution in [1.29, 1.82) is 0 Å². The minimum Gasteiger partial charge on any atom is -0.388 e. The van der Waals surface area contributed by atoms with Crippen molar-refractivity contribution in [3.8, 4) is 11.4 Å². The van der Waals surface area contributed by atoms with Gasteiger partial charge in [0.25, 0.3) is 0 Å². The largest absolute Gasteiger partial charge is 0.439 e. The summed E-state index contributed by atoms with van der Waals surface area (Å²) in [6, 6.07) is 20.9. The minimum atomic E-state index is -0.546. The van der Waals surface area contributed by atoms with E-state index in [1.807, 2.05) is 80.7 Å². The van der Waals surface area contributed by atoms with Gasteiger partial charge in [0.15, 0.2) is 5.82 Å². The third-order valence-electron chi connectivity index (χ3n) is 5.23. The summed E-state index contributed by atoms with van der Waals surface area (Å²) in [4.78, 5) is 26.4. The number of nitrogens with zero attached hydrogens (tertiary/aromatic N) is 4. The van der Waals surface area contributed by atoms with E-state index >= 15 is 0 Å². The van der Waals surface area contributed by atoms with Crippen molar-refractivity contribution in [2.75, 3.05) is 12.4 Å². The molecule has 0 amide bonds. The predicted molar refractivity (Wildman–Crippen MR) is 144 cm³/mol. The van der Waals surface area contributed by atoms with Crippen molar-refractivity contribution in [3.05, 3.63) is 112 Å². The summed E-state index contributed by atoms with van der Waals surface area (Å²) in [5.41, 5.74) is 7.02. The fourth-order valence-corrected chi connectivity index (χ4v) is 3.46. The van der Waals surface area contributed by atoms with Crippen molar-refractivity contribution in [3.63, 3.8) is 0 Å². The Morgan fingerprint density at radius 3 is 2.42 bits per heavy atom. The minimum absolute atomic E-state index is 0.437. The number of fused-ring (bicyclic) bond motifs is 1. The van der Waals surface area contributed by atoms with E-state index < -0.39 is 5.76 Å². The van der Waals surface area contributed by atoms with Crippen LogP contribution in [-0.2, 0) is 0 Å². The van der Waals surface area contributed by atoms with Gasteiger partial charge in [-0.25, -0.2) is 4.79 Å². The van der Waals surface area contributed by atoms with E-state index in [4.69, 9.17) is 11.6 Å². The lowest BCUT2D eigenvalue weighted by molar-refractivity contribution is 0.388. The first kappa shape index (κ1) is 24.6. The molecule has 0 radical (unpaired) electrons. The number of halogens is 1. The van der Waals surface area contributed by atoms with Gasteiger partial charge in [-0.2, -0.15) is 0 Å². The Balaban J connectivity index is 0.000000187. The smallest absolute Gasteiger partial charge is 0.388 e. The summed E-state index contributed by atoms with van der Waals surface area (Å²) in [6.07, 6.45) is 3.37. The van der Waals surface area contributed by atoms with Crippen LogP contribution in [0.4, 0.5) is 5.69 Å². The highest BCUT2D eigenvalue weighted by Crippen LogP contribution is 2.20. The van der Waals surface area contributed by atoms with Gasteiger partial charge in [-0.15, -0.1) is 0 Å². The van der Waals surface area contributed by atoms with Crippen LogP contribution >= 0.6 is 11.6 Å². The van der Waals surface area contributed by atoms with Crippen LogP contribution in [0.15, 0.2) is 100 Å². The molecular weight excluding hydrogens is 476 g/mol. The van der Waals surface area contributed by atoms with Gasteiger partial charge in [0, 0.05) is 41.4 Å². The van der Waals surface area contributed by atoms with E-state index in [0.29, 0.717) is 16.5 Å². The maximum atomic E-state index is 10.7. The number of anilines is 1. The lowest BCUT2D eigenvalue weighted by atomic mass is 10.1. The highest BCUT2D eigenvalue weighted by molar-refractivity contribution is 6.30. The second-order valence-corrected chi connectivity index (χ2v) is 8.12. The lowest BCUT2D eigenvalue weighted by Crippen LogP contribution is -1.96. The first-order valence-electron chi connectivity index (χ1n) is 11.0. The third-order valence-corrected chi connectivity index (χ3v) is 5.48. The fourth-order valence-electron chi connectivity index (χ4n) is 3.34. The average molecular weight is 499 g/mol. The van der Waals surface area contributed by atoms with E-state index in [2.05, 4.69) is 41.5 Å². The van der Waals surface area contributed by atoms with Crippen molar-refractivity contribution >= 4 is 39.7 Å². The van der Waals surface area contributed by atoms with Gasteiger partial charge in [0.05, 0.1) is 16.7 Å². The average Bonchev–Trinajstić information content (AvgIpc) is 3.35. The molecule has 2 aromatic heterocycles. The van der Waals surface area contributed by atoms with Gasteiger partial charge in [-0.05, 0) is 54.4 Å². The molecule has 0 aliphatic carbocycles. The summed E-state index contributed by atoms with van der Waals surface area (Å²) in [6.45, 7) is 5.98. The molecule has 8 nitrogen and oxygen atoms in total. The van der Waals surface area contributed by atoms with E-state index in [0.717, 1.165) is 39.1 Å². The van der Waals surface area contributed by atoms with Crippen LogP contribution in [0.25, 0.3) is 28.1 Å². The summed E-state index contributed by atoms with van der Waals surface area (Å²) >= 11 is 5.90. The Labute approximate surface area is 212 Å². The molecule has 0 aliphatic rings. The maximum absolute atomic E-state index is 10.7. The van der Waals surface area contributed by atoms with Gasteiger partial charge in [-0.3, -0.25) is 24.5 Å². The summed E-state index contributed by atoms with van der Waals surface area (Å²) in [5, 5.41) is 7.28. The molecule has 0 spiro atoms. The van der Waals surface area contributed by atoms with Gasteiger partial charge in [-0.1, -0.05) is 53.7 Å². The zero-order valence-electron chi connectivity index (χ0n) is 19.7. The highest BCUT2D eigenvalue weighted by Gasteiger charge is 2.05. The van der Waals surface area contributed by atoms with Crippen molar-refractivity contribution in [2.45, 2.75) is 6.92 Å². The fraction of sp³-hybridized carbons (Fsp3) is 0.0741. The first-order chi connectivity index (χ1) is 17.4. The van der Waals surface area contributed by atoms with E-state index in [1.54, 1.807) is 12.4 Å². The molecule has 2 N–H and O–H groups in total. The topological polar surface area (TPSA) is 109 Å². The highest BCUT2D eigenvalue weighted by atomic mass is 35.5.